The summed E-state index contributed by atoms with van der Waals surface area (Å²) in [5, 5.41) is 0. The molecule has 0 fully saturated rings. The molecule has 0 aliphatic rings. The SMILES string of the molecule is CCOC(=O)CCCOC(Cc1cccc(C(=O)OC)c1)=C(C)COC. The number of esters is 2. The fourth-order valence-corrected chi connectivity index (χ4v) is 2.38. The zero-order valence-electron chi connectivity index (χ0n) is 16.0. The number of hydrogen-bond donors (Lipinski definition) is 0. The molecule has 1 aromatic carbocycles. The fourth-order valence-electron chi connectivity index (χ4n) is 2.38. The molecular formula is C20H28O6. The number of benzene rings is 1. The molecule has 1 aromatic rings. The van der Waals surface area contributed by atoms with Gasteiger partial charge in [-0.1, -0.05) is 12.1 Å². The van der Waals surface area contributed by atoms with Crippen LogP contribution in [0.1, 0.15) is 42.6 Å². The van der Waals surface area contributed by atoms with Gasteiger partial charge in [0.25, 0.3) is 0 Å². The maximum Gasteiger partial charge on any atom is 0.337 e. The standard InChI is InChI=1S/C20H28O6/c1-5-25-19(21)10-7-11-26-18(15(2)14-23-3)13-16-8-6-9-17(12-16)20(22)24-4/h6,8-9,12H,5,7,10-11,13-14H2,1-4H3. The van der Waals surface area contributed by atoms with Crippen molar-refractivity contribution < 1.29 is 28.5 Å². The van der Waals surface area contributed by atoms with Gasteiger partial charge in [0.15, 0.2) is 0 Å². The number of methoxy groups -OCH3 is 2. The first-order valence-electron chi connectivity index (χ1n) is 8.65. The van der Waals surface area contributed by atoms with E-state index in [1.807, 2.05) is 19.1 Å². The van der Waals surface area contributed by atoms with Crippen LogP contribution >= 0.6 is 0 Å². The Morgan fingerprint density at radius 1 is 1.12 bits per heavy atom. The third kappa shape index (κ3) is 7.70. The summed E-state index contributed by atoms with van der Waals surface area (Å²) in [7, 11) is 2.98. The Hall–Kier alpha value is -2.34. The molecule has 0 amide bonds. The molecule has 0 spiro atoms. The van der Waals surface area contributed by atoms with E-state index in [0.29, 0.717) is 44.6 Å². The first-order valence-corrected chi connectivity index (χ1v) is 8.65. The van der Waals surface area contributed by atoms with Crippen LogP contribution in [-0.4, -0.2) is 46.0 Å². The lowest BCUT2D eigenvalue weighted by Crippen LogP contribution is -2.09. The molecule has 0 saturated carbocycles. The molecule has 0 N–H and O–H groups in total. The molecule has 0 radical (unpaired) electrons. The molecule has 0 aliphatic heterocycles. The Kier molecular flexibility index (Phi) is 10.1. The summed E-state index contributed by atoms with van der Waals surface area (Å²) in [5.41, 5.74) is 2.40. The second-order valence-corrected chi connectivity index (χ2v) is 5.76. The molecule has 0 aliphatic carbocycles. The number of hydrogen-bond acceptors (Lipinski definition) is 6. The summed E-state index contributed by atoms with van der Waals surface area (Å²) in [5.74, 6) is 0.181. The highest BCUT2D eigenvalue weighted by molar-refractivity contribution is 5.89. The van der Waals surface area contributed by atoms with Gasteiger partial charge < -0.3 is 18.9 Å². The lowest BCUT2D eigenvalue weighted by molar-refractivity contribution is -0.143. The average molecular weight is 364 g/mol. The minimum absolute atomic E-state index is 0.221. The Morgan fingerprint density at radius 2 is 1.88 bits per heavy atom. The van der Waals surface area contributed by atoms with Crippen molar-refractivity contribution in [3.63, 3.8) is 0 Å². The van der Waals surface area contributed by atoms with Crippen LogP contribution in [-0.2, 0) is 30.2 Å². The van der Waals surface area contributed by atoms with Gasteiger partial charge >= 0.3 is 11.9 Å². The Morgan fingerprint density at radius 3 is 2.54 bits per heavy atom. The second-order valence-electron chi connectivity index (χ2n) is 5.76. The van der Waals surface area contributed by atoms with Gasteiger partial charge in [0.1, 0.15) is 5.76 Å². The average Bonchev–Trinajstić information content (AvgIpc) is 2.64. The lowest BCUT2D eigenvalue weighted by Gasteiger charge is -2.15. The zero-order chi connectivity index (χ0) is 19.4. The van der Waals surface area contributed by atoms with Gasteiger partial charge in [-0.05, 0) is 43.5 Å². The van der Waals surface area contributed by atoms with Gasteiger partial charge in [-0.3, -0.25) is 4.79 Å². The molecule has 0 heterocycles. The number of allylic oxidation sites excluding steroid dienone is 1. The molecule has 6 heteroatoms. The Labute approximate surface area is 155 Å². The fraction of sp³-hybridized carbons (Fsp3) is 0.500. The largest absolute Gasteiger partial charge is 0.498 e. The number of rotatable bonds is 11. The van der Waals surface area contributed by atoms with Crippen LogP contribution in [0.3, 0.4) is 0 Å². The van der Waals surface area contributed by atoms with Crippen molar-refractivity contribution in [1.82, 2.24) is 0 Å². The van der Waals surface area contributed by atoms with Gasteiger partial charge in [0.05, 0.1) is 32.5 Å². The zero-order valence-corrected chi connectivity index (χ0v) is 16.0. The maximum atomic E-state index is 11.7. The van der Waals surface area contributed by atoms with Crippen molar-refractivity contribution in [2.24, 2.45) is 0 Å². The summed E-state index contributed by atoms with van der Waals surface area (Å²) in [6, 6.07) is 7.23. The Bertz CT molecular complexity index is 620. The molecule has 0 unspecified atom stereocenters. The van der Waals surface area contributed by atoms with E-state index in [1.165, 1.54) is 7.11 Å². The molecule has 6 nitrogen and oxygen atoms in total. The minimum atomic E-state index is -0.374. The number of ether oxygens (including phenoxy) is 4. The topological polar surface area (TPSA) is 71.1 Å². The van der Waals surface area contributed by atoms with Gasteiger partial charge in [-0.15, -0.1) is 0 Å². The highest BCUT2D eigenvalue weighted by Crippen LogP contribution is 2.17. The molecule has 0 atom stereocenters. The van der Waals surface area contributed by atoms with Gasteiger partial charge in [0.2, 0.25) is 0 Å². The predicted octanol–water partition coefficient (Wildman–Crippen LogP) is 3.30. The van der Waals surface area contributed by atoms with Crippen LogP contribution in [0, 0.1) is 0 Å². The van der Waals surface area contributed by atoms with Crippen LogP contribution in [0.5, 0.6) is 0 Å². The van der Waals surface area contributed by atoms with Crippen molar-refractivity contribution in [1.29, 1.82) is 0 Å². The quantitative estimate of drug-likeness (QED) is 0.341. The summed E-state index contributed by atoms with van der Waals surface area (Å²) >= 11 is 0. The van der Waals surface area contributed by atoms with Gasteiger partial charge in [0, 0.05) is 20.0 Å². The molecule has 144 valence electrons. The smallest absolute Gasteiger partial charge is 0.337 e. The monoisotopic (exact) mass is 364 g/mol. The van der Waals surface area contributed by atoms with Crippen LogP contribution in [0.25, 0.3) is 0 Å². The molecular weight excluding hydrogens is 336 g/mol. The number of carbonyl (C=O) groups excluding carboxylic acids is 2. The third-order valence-electron chi connectivity index (χ3n) is 3.66. The van der Waals surface area contributed by atoms with E-state index < -0.39 is 0 Å². The third-order valence-corrected chi connectivity index (χ3v) is 3.66. The van der Waals surface area contributed by atoms with Crippen molar-refractivity contribution in [2.75, 3.05) is 34.0 Å². The van der Waals surface area contributed by atoms with E-state index in [1.54, 1.807) is 26.2 Å². The van der Waals surface area contributed by atoms with Crippen LogP contribution in [0.15, 0.2) is 35.6 Å². The normalized spacial score (nSPS) is 11.5. The highest BCUT2D eigenvalue weighted by Gasteiger charge is 2.10. The van der Waals surface area contributed by atoms with Gasteiger partial charge in [-0.2, -0.15) is 0 Å². The first kappa shape index (κ1) is 21.7. The van der Waals surface area contributed by atoms with Crippen LogP contribution in [0.4, 0.5) is 0 Å². The summed E-state index contributed by atoms with van der Waals surface area (Å²) in [6.07, 6.45) is 1.42. The van der Waals surface area contributed by atoms with E-state index in [4.69, 9.17) is 18.9 Å². The van der Waals surface area contributed by atoms with Crippen LogP contribution in [0.2, 0.25) is 0 Å². The first-order chi connectivity index (χ1) is 12.5. The van der Waals surface area contributed by atoms with Crippen molar-refractivity contribution in [2.45, 2.75) is 33.1 Å². The summed E-state index contributed by atoms with van der Waals surface area (Å²) in [6.45, 7) is 4.96. The summed E-state index contributed by atoms with van der Waals surface area (Å²) < 4.78 is 20.7. The van der Waals surface area contributed by atoms with E-state index >= 15 is 0 Å². The second kappa shape index (κ2) is 12.1. The number of carbonyl (C=O) groups is 2. The predicted molar refractivity (Wildman–Crippen MR) is 97.9 cm³/mol. The molecule has 0 saturated heterocycles. The minimum Gasteiger partial charge on any atom is -0.498 e. The van der Waals surface area contributed by atoms with E-state index in [-0.39, 0.29) is 11.9 Å². The summed E-state index contributed by atoms with van der Waals surface area (Å²) in [4.78, 5) is 23.1. The molecule has 0 bridgehead atoms. The molecule has 1 rings (SSSR count). The van der Waals surface area contributed by atoms with E-state index in [0.717, 1.165) is 16.9 Å². The maximum absolute atomic E-state index is 11.7. The lowest BCUT2D eigenvalue weighted by atomic mass is 10.1. The molecule has 26 heavy (non-hydrogen) atoms. The van der Waals surface area contributed by atoms with Gasteiger partial charge in [-0.25, -0.2) is 4.79 Å². The van der Waals surface area contributed by atoms with Crippen molar-refractivity contribution in [3.8, 4) is 0 Å². The Balaban J connectivity index is 2.74. The van der Waals surface area contributed by atoms with E-state index in [2.05, 4.69) is 0 Å². The highest BCUT2D eigenvalue weighted by atomic mass is 16.5. The molecule has 0 aromatic heterocycles. The van der Waals surface area contributed by atoms with Crippen LogP contribution < -0.4 is 0 Å². The van der Waals surface area contributed by atoms with E-state index in [9.17, 15) is 9.59 Å². The van der Waals surface area contributed by atoms with Crippen molar-refractivity contribution >= 4 is 11.9 Å². The van der Waals surface area contributed by atoms with Crippen molar-refractivity contribution in [3.05, 3.63) is 46.7 Å².